The van der Waals surface area contributed by atoms with Gasteiger partial charge >= 0.3 is 16.8 Å². The highest BCUT2D eigenvalue weighted by molar-refractivity contribution is 7.57. The monoisotopic (exact) mass is 1060 g/mol. The minimum atomic E-state index is -1.42. The zero-order valence-electron chi connectivity index (χ0n) is 51.6. The Labute approximate surface area is 466 Å². The third-order valence-electron chi connectivity index (χ3n) is 13.5. The summed E-state index contributed by atoms with van der Waals surface area (Å²) in [5, 5.41) is 2.13. The Balaban J connectivity index is 0.000000281. The predicted molar refractivity (Wildman–Crippen MR) is 333 cm³/mol. The van der Waals surface area contributed by atoms with Crippen LogP contribution < -0.4 is 28.7 Å². The first-order valence-electron chi connectivity index (χ1n) is 27.9. The second-order valence-corrected chi connectivity index (χ2v) is 31.1. The molecule has 4 nitrogen and oxygen atoms in total. The van der Waals surface area contributed by atoms with E-state index in [1.54, 1.807) is 0 Å². The van der Waals surface area contributed by atoms with E-state index >= 15 is 0 Å². The molecule has 0 radical (unpaired) electrons. The van der Waals surface area contributed by atoms with Gasteiger partial charge in [0.25, 0.3) is 0 Å². The third kappa shape index (κ3) is 17.7. The standard InChI is InChI=1S/2C35H49O2P/c1-24-14-18-27(19-15-24)38(36-30-20-16-25(32(2,3)4)22-28(30)34(8,9)10)37-31-21-17-26(33(5,6)7)23-29(31)35(11,12)13;1-24(2)20-27-14-18-32(30(22-27)34(6,7)8)36-38(29-16-12-26(5)13-17-29)37-33-19-15-28(21-25(3)4)23-31(33)35(9,10)11/h14-23H,1-13H3;12-19,22-25H,20-21H2,1-11H3. The van der Waals surface area contributed by atoms with Crippen LogP contribution in [0.25, 0.3) is 0 Å². The molecular weight excluding hydrogens is 967 g/mol. The number of hydrogen-bond acceptors (Lipinski definition) is 4. The van der Waals surface area contributed by atoms with Crippen molar-refractivity contribution in [1.29, 1.82) is 0 Å². The van der Waals surface area contributed by atoms with Crippen LogP contribution >= 0.6 is 16.8 Å². The molecule has 76 heavy (non-hydrogen) atoms. The Kier molecular flexibility index (Phi) is 20.1. The van der Waals surface area contributed by atoms with Crippen LogP contribution in [-0.4, -0.2) is 0 Å². The van der Waals surface area contributed by atoms with Crippen LogP contribution in [0.15, 0.2) is 121 Å². The number of aryl methyl sites for hydroxylation is 2. The highest BCUT2D eigenvalue weighted by atomic mass is 31.2. The maximum absolute atomic E-state index is 6.88. The summed E-state index contributed by atoms with van der Waals surface area (Å²) in [6.07, 6.45) is 2.12. The lowest BCUT2D eigenvalue weighted by molar-refractivity contribution is 0.466. The average Bonchev–Trinajstić information content (AvgIpc) is 3.28. The van der Waals surface area contributed by atoms with Crippen molar-refractivity contribution in [3.8, 4) is 23.0 Å². The Morgan fingerprint density at radius 2 is 0.566 bits per heavy atom. The summed E-state index contributed by atoms with van der Waals surface area (Å²) in [6.45, 7) is 53.9. The minimum absolute atomic E-state index is 0.0499. The van der Waals surface area contributed by atoms with Crippen molar-refractivity contribution < 1.29 is 18.1 Å². The molecule has 6 heteroatoms. The lowest BCUT2D eigenvalue weighted by Gasteiger charge is -2.30. The van der Waals surface area contributed by atoms with Crippen molar-refractivity contribution in [3.05, 3.63) is 177 Å². The molecule has 0 saturated heterocycles. The summed E-state index contributed by atoms with van der Waals surface area (Å²) in [5.41, 5.74) is 12.5. The van der Waals surface area contributed by atoms with Crippen molar-refractivity contribution >= 4 is 27.4 Å². The van der Waals surface area contributed by atoms with Crippen molar-refractivity contribution in [2.24, 2.45) is 11.8 Å². The number of rotatable bonds is 14. The summed E-state index contributed by atoms with van der Waals surface area (Å²) in [7, 11) is -2.82. The summed E-state index contributed by atoms with van der Waals surface area (Å²) >= 11 is 0. The maximum Gasteiger partial charge on any atom is 0.326 e. The average molecular weight is 1070 g/mol. The maximum atomic E-state index is 6.88. The van der Waals surface area contributed by atoms with Gasteiger partial charge in [-0.1, -0.05) is 236 Å². The molecule has 0 amide bonds. The van der Waals surface area contributed by atoms with E-state index in [4.69, 9.17) is 18.1 Å². The van der Waals surface area contributed by atoms with E-state index in [9.17, 15) is 0 Å². The van der Waals surface area contributed by atoms with E-state index in [2.05, 4.69) is 287 Å². The van der Waals surface area contributed by atoms with Gasteiger partial charge in [0.05, 0.1) is 10.6 Å². The Hall–Kier alpha value is -4.62. The van der Waals surface area contributed by atoms with Gasteiger partial charge in [-0.2, -0.15) is 0 Å². The number of hydrogen-bond donors (Lipinski definition) is 0. The molecule has 6 aromatic carbocycles. The summed E-state index contributed by atoms with van der Waals surface area (Å²) in [5.74, 6) is 4.81. The first kappa shape index (κ1) is 62.2. The summed E-state index contributed by atoms with van der Waals surface area (Å²) in [6, 6.07) is 43.9. The summed E-state index contributed by atoms with van der Waals surface area (Å²) < 4.78 is 27.5. The van der Waals surface area contributed by atoms with E-state index in [1.807, 2.05) is 0 Å². The summed E-state index contributed by atoms with van der Waals surface area (Å²) in [4.78, 5) is 0. The van der Waals surface area contributed by atoms with Gasteiger partial charge in [0.1, 0.15) is 23.0 Å². The number of benzene rings is 6. The molecule has 0 fully saturated rings. The van der Waals surface area contributed by atoms with Crippen LogP contribution in [0.4, 0.5) is 0 Å². The van der Waals surface area contributed by atoms with Crippen LogP contribution in [0.5, 0.6) is 23.0 Å². The molecule has 0 atom stereocenters. The Morgan fingerprint density at radius 3 is 0.803 bits per heavy atom. The molecule has 0 unspecified atom stereocenters. The van der Waals surface area contributed by atoms with Gasteiger partial charge in [-0.15, -0.1) is 0 Å². The quantitative estimate of drug-likeness (QED) is 0.102. The lowest BCUT2D eigenvalue weighted by Crippen LogP contribution is -2.20. The fourth-order valence-electron chi connectivity index (χ4n) is 8.95. The topological polar surface area (TPSA) is 36.9 Å². The van der Waals surface area contributed by atoms with Crippen molar-refractivity contribution in [2.75, 3.05) is 0 Å². The Morgan fingerprint density at radius 1 is 0.316 bits per heavy atom. The highest BCUT2D eigenvalue weighted by Crippen LogP contribution is 2.49. The zero-order chi connectivity index (χ0) is 56.9. The highest BCUT2D eigenvalue weighted by Gasteiger charge is 2.31. The van der Waals surface area contributed by atoms with Crippen LogP contribution in [0.3, 0.4) is 0 Å². The largest absolute Gasteiger partial charge is 0.435 e. The molecule has 0 aliphatic carbocycles. The Bertz CT molecular complexity index is 2680. The molecule has 0 bridgehead atoms. The molecule has 0 heterocycles. The van der Waals surface area contributed by atoms with E-state index in [-0.39, 0.29) is 32.5 Å². The van der Waals surface area contributed by atoms with Crippen molar-refractivity contribution in [1.82, 2.24) is 0 Å². The molecule has 6 rings (SSSR count). The van der Waals surface area contributed by atoms with Crippen LogP contribution in [0, 0.1) is 25.7 Å². The molecular formula is C70H98O4P2. The van der Waals surface area contributed by atoms with Gasteiger partial charge in [0.15, 0.2) is 0 Å². The van der Waals surface area contributed by atoms with Gasteiger partial charge in [0.2, 0.25) is 0 Å². The van der Waals surface area contributed by atoms with E-state index < -0.39 is 16.8 Å². The van der Waals surface area contributed by atoms with Gasteiger partial charge in [-0.25, -0.2) is 0 Å². The molecule has 412 valence electrons. The second kappa shape index (κ2) is 24.6. The molecule has 0 aliphatic rings. The van der Waals surface area contributed by atoms with Gasteiger partial charge in [-0.3, -0.25) is 0 Å². The molecule has 0 N–H and O–H groups in total. The molecule has 0 aliphatic heterocycles. The predicted octanol–water partition coefficient (Wildman–Crippen LogP) is 20.4. The van der Waals surface area contributed by atoms with Gasteiger partial charge in [-0.05, 0) is 142 Å². The lowest BCUT2D eigenvalue weighted by atomic mass is 9.80. The van der Waals surface area contributed by atoms with E-state index in [0.717, 1.165) is 46.4 Å². The first-order chi connectivity index (χ1) is 34.9. The second-order valence-electron chi connectivity index (χ2n) is 28.3. The first-order valence-corrected chi connectivity index (χ1v) is 30.3. The van der Waals surface area contributed by atoms with Crippen LogP contribution in [0.2, 0.25) is 0 Å². The van der Waals surface area contributed by atoms with Crippen LogP contribution in [0.1, 0.15) is 208 Å². The molecule has 6 aromatic rings. The molecule has 0 aromatic heterocycles. The van der Waals surface area contributed by atoms with E-state index in [1.165, 1.54) is 55.6 Å². The van der Waals surface area contributed by atoms with Crippen molar-refractivity contribution in [2.45, 2.75) is 212 Å². The fraction of sp³-hybridized carbons (Fsp3) is 0.486. The van der Waals surface area contributed by atoms with Crippen molar-refractivity contribution in [3.63, 3.8) is 0 Å². The molecule has 0 spiro atoms. The van der Waals surface area contributed by atoms with Gasteiger partial charge in [0, 0.05) is 22.3 Å². The zero-order valence-corrected chi connectivity index (χ0v) is 53.4. The minimum Gasteiger partial charge on any atom is -0.435 e. The van der Waals surface area contributed by atoms with E-state index in [0.29, 0.717) is 11.8 Å². The smallest absolute Gasteiger partial charge is 0.326 e. The normalized spacial score (nSPS) is 12.8. The third-order valence-corrected chi connectivity index (χ3v) is 16.4. The fourth-order valence-corrected chi connectivity index (χ4v) is 11.6. The SMILES string of the molecule is Cc1ccc(P(Oc2ccc(C(C)(C)C)cc2C(C)(C)C)Oc2ccc(C(C)(C)C)cc2C(C)(C)C)cc1.Cc1ccc(P(Oc2ccc(CC(C)C)cc2C(C)(C)C)Oc2ccc(CC(C)C)cc2C(C)(C)C)cc1. The van der Waals surface area contributed by atoms with Gasteiger partial charge < -0.3 is 18.1 Å². The van der Waals surface area contributed by atoms with Crippen LogP contribution in [-0.2, 0) is 45.3 Å². The molecule has 0 saturated carbocycles.